The van der Waals surface area contributed by atoms with E-state index in [4.69, 9.17) is 0 Å². The van der Waals surface area contributed by atoms with Crippen LogP contribution in [0.1, 0.15) is 39.5 Å². The monoisotopic (exact) mass is 170 g/mol. The van der Waals surface area contributed by atoms with Crippen LogP contribution in [0, 0.1) is 0 Å². The lowest BCUT2D eigenvalue weighted by molar-refractivity contribution is -0.112. The van der Waals surface area contributed by atoms with Crippen molar-refractivity contribution in [2.24, 2.45) is 0 Å². The second kappa shape index (κ2) is 12.7. The van der Waals surface area contributed by atoms with Crippen molar-refractivity contribution in [3.8, 4) is 0 Å². The van der Waals surface area contributed by atoms with Gasteiger partial charge in [0.05, 0.1) is 0 Å². The topological polar surface area (TPSA) is 34.1 Å². The summed E-state index contributed by atoms with van der Waals surface area (Å²) in [7, 11) is 0. The first-order valence-electron chi connectivity index (χ1n) is 4.25. The summed E-state index contributed by atoms with van der Waals surface area (Å²) in [4.78, 5) is 19.4. The molecule has 0 amide bonds. The number of rotatable bonds is 5. The van der Waals surface area contributed by atoms with E-state index < -0.39 is 0 Å². The van der Waals surface area contributed by atoms with Gasteiger partial charge in [0.1, 0.15) is 6.29 Å². The second-order valence-electron chi connectivity index (χ2n) is 2.48. The molecule has 0 aliphatic heterocycles. The fraction of sp³-hybridized carbons (Fsp3) is 0.600. The highest BCUT2D eigenvalue weighted by molar-refractivity contribution is 5.86. The number of carbonyl (C=O) groups excluding carboxylic acids is 2. The lowest BCUT2D eigenvalue weighted by atomic mass is 10.2. The van der Waals surface area contributed by atoms with Crippen molar-refractivity contribution in [2.45, 2.75) is 39.5 Å². The van der Waals surface area contributed by atoms with Crippen LogP contribution in [0.4, 0.5) is 0 Å². The number of hydrogen-bond acceptors (Lipinski definition) is 2. The molecule has 0 bridgehead atoms. The first-order chi connectivity index (χ1) is 5.68. The van der Waals surface area contributed by atoms with E-state index in [0.717, 1.165) is 19.1 Å². The molecule has 0 aliphatic carbocycles. The summed E-state index contributed by atoms with van der Waals surface area (Å²) in [6.45, 7) is 6.81. The zero-order valence-electron chi connectivity index (χ0n) is 8.01. The highest BCUT2D eigenvalue weighted by Crippen LogP contribution is 1.94. The van der Waals surface area contributed by atoms with Gasteiger partial charge in [0.25, 0.3) is 0 Å². The van der Waals surface area contributed by atoms with E-state index in [1.165, 1.54) is 25.8 Å². The van der Waals surface area contributed by atoms with Gasteiger partial charge in [0.2, 0.25) is 0 Å². The maximum Gasteiger partial charge on any atom is 0.152 e. The average molecular weight is 170 g/mol. The molecule has 0 spiro atoms. The van der Waals surface area contributed by atoms with Crippen LogP contribution in [0.15, 0.2) is 12.7 Å². The van der Waals surface area contributed by atoms with E-state index in [0.29, 0.717) is 0 Å². The van der Waals surface area contributed by atoms with Gasteiger partial charge in [-0.3, -0.25) is 4.79 Å². The zero-order chi connectivity index (χ0) is 9.82. The fourth-order valence-corrected chi connectivity index (χ4v) is 0.478. The van der Waals surface area contributed by atoms with Crippen LogP contribution in [0.3, 0.4) is 0 Å². The highest BCUT2D eigenvalue weighted by Gasteiger charge is 1.80. The molecule has 0 rings (SSSR count). The molecule has 0 saturated carbocycles. The number of aldehydes is 1. The molecule has 70 valence electrons. The smallest absolute Gasteiger partial charge is 0.152 e. The number of hydrogen-bond donors (Lipinski definition) is 0. The maximum atomic E-state index is 9.69. The summed E-state index contributed by atoms with van der Waals surface area (Å²) in [5, 5.41) is 0. The fourth-order valence-electron chi connectivity index (χ4n) is 0.478. The van der Waals surface area contributed by atoms with Gasteiger partial charge in [-0.05, 0) is 19.4 Å². The molecule has 0 N–H and O–H groups in total. The Balaban J connectivity index is 0. The Morgan fingerprint density at radius 2 is 1.92 bits per heavy atom. The van der Waals surface area contributed by atoms with Gasteiger partial charge >= 0.3 is 0 Å². The largest absolute Gasteiger partial charge is 0.303 e. The molecule has 0 aromatic carbocycles. The van der Waals surface area contributed by atoms with E-state index in [2.05, 4.69) is 13.5 Å². The molecule has 0 radical (unpaired) electrons. The Morgan fingerprint density at radius 3 is 2.17 bits per heavy atom. The summed E-state index contributed by atoms with van der Waals surface area (Å²) in [6.07, 6.45) is 6.47. The Morgan fingerprint density at radius 1 is 1.42 bits per heavy atom. The predicted molar refractivity (Wildman–Crippen MR) is 51.1 cm³/mol. The van der Waals surface area contributed by atoms with Crippen LogP contribution in [-0.4, -0.2) is 12.1 Å². The Bertz CT molecular complexity index is 128. The number of allylic oxidation sites excluding steroid dienone is 1. The Hall–Kier alpha value is -0.920. The van der Waals surface area contributed by atoms with Crippen molar-refractivity contribution in [2.75, 3.05) is 0 Å². The first-order valence-corrected chi connectivity index (χ1v) is 4.25. The van der Waals surface area contributed by atoms with Crippen LogP contribution in [0.25, 0.3) is 0 Å². The van der Waals surface area contributed by atoms with E-state index in [9.17, 15) is 9.59 Å². The molecular weight excluding hydrogens is 152 g/mol. The molecule has 2 heteroatoms. The van der Waals surface area contributed by atoms with E-state index >= 15 is 0 Å². The third kappa shape index (κ3) is 23.0. The summed E-state index contributed by atoms with van der Waals surface area (Å²) in [6, 6.07) is 0. The summed E-state index contributed by atoms with van der Waals surface area (Å²) in [5.41, 5.74) is 0. The zero-order valence-corrected chi connectivity index (χ0v) is 8.01. The Kier molecular flexibility index (Phi) is 14.5. The normalized spacial score (nSPS) is 7.83. The third-order valence-electron chi connectivity index (χ3n) is 1.21. The van der Waals surface area contributed by atoms with Gasteiger partial charge in [0.15, 0.2) is 5.78 Å². The van der Waals surface area contributed by atoms with Gasteiger partial charge in [-0.25, -0.2) is 0 Å². The minimum absolute atomic E-state index is 0.0185. The standard InChI is InChI=1S/C6H12O.C4H6O/c1-2-3-4-5-6-7;1-3-4(2)5/h6H,2-5H2,1H3;3H,1H2,2H3. The van der Waals surface area contributed by atoms with Crippen molar-refractivity contribution in [3.63, 3.8) is 0 Å². The number of unbranched alkanes of at least 4 members (excludes halogenated alkanes) is 3. The highest BCUT2D eigenvalue weighted by atomic mass is 16.1. The quantitative estimate of drug-likeness (QED) is 0.361. The van der Waals surface area contributed by atoms with E-state index in [-0.39, 0.29) is 5.78 Å². The molecule has 0 atom stereocenters. The van der Waals surface area contributed by atoms with Gasteiger partial charge in [-0.1, -0.05) is 26.3 Å². The van der Waals surface area contributed by atoms with Crippen molar-refractivity contribution in [1.82, 2.24) is 0 Å². The minimum atomic E-state index is 0.0185. The molecule has 0 saturated heterocycles. The van der Waals surface area contributed by atoms with Gasteiger partial charge in [0, 0.05) is 6.42 Å². The lowest BCUT2D eigenvalue weighted by Gasteiger charge is -1.85. The van der Waals surface area contributed by atoms with Gasteiger partial charge in [-0.2, -0.15) is 0 Å². The maximum absolute atomic E-state index is 9.69. The lowest BCUT2D eigenvalue weighted by Crippen LogP contribution is -1.74. The molecule has 0 heterocycles. The molecule has 0 aromatic heterocycles. The molecule has 0 fully saturated rings. The summed E-state index contributed by atoms with van der Waals surface area (Å²) < 4.78 is 0. The minimum Gasteiger partial charge on any atom is -0.303 e. The average Bonchev–Trinajstić information content (AvgIpc) is 2.07. The number of ketones is 1. The molecule has 0 aromatic rings. The molecule has 0 aliphatic rings. The van der Waals surface area contributed by atoms with E-state index in [1.807, 2.05) is 0 Å². The van der Waals surface area contributed by atoms with Gasteiger partial charge < -0.3 is 4.79 Å². The first kappa shape index (κ1) is 13.7. The van der Waals surface area contributed by atoms with Gasteiger partial charge in [-0.15, -0.1) is 0 Å². The van der Waals surface area contributed by atoms with Crippen LogP contribution < -0.4 is 0 Å². The van der Waals surface area contributed by atoms with Crippen LogP contribution >= 0.6 is 0 Å². The molecule has 12 heavy (non-hydrogen) atoms. The summed E-state index contributed by atoms with van der Waals surface area (Å²) in [5.74, 6) is 0.0185. The summed E-state index contributed by atoms with van der Waals surface area (Å²) >= 11 is 0. The number of carbonyl (C=O) groups is 2. The predicted octanol–water partition coefficient (Wildman–Crippen LogP) is 2.53. The third-order valence-corrected chi connectivity index (χ3v) is 1.21. The molecular formula is C10H18O2. The van der Waals surface area contributed by atoms with E-state index in [1.54, 1.807) is 0 Å². The van der Waals surface area contributed by atoms with Crippen molar-refractivity contribution < 1.29 is 9.59 Å². The van der Waals surface area contributed by atoms with Crippen molar-refractivity contribution in [1.29, 1.82) is 0 Å². The van der Waals surface area contributed by atoms with Crippen LogP contribution in [-0.2, 0) is 9.59 Å². The molecule has 2 nitrogen and oxygen atoms in total. The Labute approximate surface area is 74.7 Å². The van der Waals surface area contributed by atoms with Crippen molar-refractivity contribution >= 4 is 12.1 Å². The van der Waals surface area contributed by atoms with Crippen LogP contribution in [0.5, 0.6) is 0 Å². The van der Waals surface area contributed by atoms with Crippen LogP contribution in [0.2, 0.25) is 0 Å². The SMILES string of the molecule is C=CC(C)=O.CCCCCC=O. The van der Waals surface area contributed by atoms with Crippen molar-refractivity contribution in [3.05, 3.63) is 12.7 Å². The second-order valence-corrected chi connectivity index (χ2v) is 2.48. The molecule has 0 unspecified atom stereocenters.